The van der Waals surface area contributed by atoms with Crippen LogP contribution in [0.15, 0.2) is 36.9 Å². The van der Waals surface area contributed by atoms with Gasteiger partial charge in [-0.1, -0.05) is 24.3 Å². The van der Waals surface area contributed by atoms with E-state index in [-0.39, 0.29) is 6.04 Å². The lowest BCUT2D eigenvalue weighted by Crippen LogP contribution is -2.28. The van der Waals surface area contributed by atoms with Crippen molar-refractivity contribution in [2.24, 2.45) is 5.84 Å². The van der Waals surface area contributed by atoms with Crippen molar-refractivity contribution in [2.45, 2.75) is 25.3 Å². The van der Waals surface area contributed by atoms with Gasteiger partial charge in [0.2, 0.25) is 0 Å². The number of anilines is 1. The van der Waals surface area contributed by atoms with Gasteiger partial charge < -0.3 is 5.73 Å². The molecule has 82 valence electrons. The molecule has 15 heavy (non-hydrogen) atoms. The van der Waals surface area contributed by atoms with Crippen molar-refractivity contribution in [2.75, 3.05) is 5.73 Å². The lowest BCUT2D eigenvalue weighted by molar-refractivity contribution is 0.502. The standard InChI is InChI=1S/C12H19N3/c1-2-3-4-9-12(15-14)10-7-5-6-8-11(10)13/h2,5-8,12,15H,1,3-4,9,13-14H2. The summed E-state index contributed by atoms with van der Waals surface area (Å²) in [6, 6.07) is 7.94. The lowest BCUT2D eigenvalue weighted by atomic mass is 10.00. The van der Waals surface area contributed by atoms with Crippen LogP contribution in [0.4, 0.5) is 5.69 Å². The zero-order valence-electron chi connectivity index (χ0n) is 8.95. The van der Waals surface area contributed by atoms with Crippen molar-refractivity contribution < 1.29 is 0 Å². The summed E-state index contributed by atoms with van der Waals surface area (Å²) in [5.74, 6) is 5.52. The summed E-state index contributed by atoms with van der Waals surface area (Å²) in [4.78, 5) is 0. The summed E-state index contributed by atoms with van der Waals surface area (Å²) >= 11 is 0. The molecule has 3 heteroatoms. The van der Waals surface area contributed by atoms with Crippen molar-refractivity contribution >= 4 is 5.69 Å². The summed E-state index contributed by atoms with van der Waals surface area (Å²) in [5, 5.41) is 0. The highest BCUT2D eigenvalue weighted by atomic mass is 15.2. The first-order valence-corrected chi connectivity index (χ1v) is 5.21. The second-order valence-electron chi connectivity index (χ2n) is 3.57. The molecule has 0 saturated heterocycles. The lowest BCUT2D eigenvalue weighted by Gasteiger charge is -2.17. The van der Waals surface area contributed by atoms with Crippen LogP contribution in [0.25, 0.3) is 0 Å². The number of hydrogen-bond donors (Lipinski definition) is 3. The Hall–Kier alpha value is -1.32. The maximum Gasteiger partial charge on any atom is 0.0480 e. The molecular weight excluding hydrogens is 186 g/mol. The van der Waals surface area contributed by atoms with E-state index in [1.807, 2.05) is 30.3 Å². The van der Waals surface area contributed by atoms with Gasteiger partial charge in [0, 0.05) is 11.7 Å². The number of para-hydroxylation sites is 1. The number of nitrogens with two attached hydrogens (primary N) is 2. The van der Waals surface area contributed by atoms with Gasteiger partial charge in [0.05, 0.1) is 0 Å². The highest BCUT2D eigenvalue weighted by molar-refractivity contribution is 5.48. The number of hydrazine groups is 1. The van der Waals surface area contributed by atoms with Crippen LogP contribution >= 0.6 is 0 Å². The Morgan fingerprint density at radius 3 is 2.73 bits per heavy atom. The van der Waals surface area contributed by atoms with Gasteiger partial charge in [-0.15, -0.1) is 6.58 Å². The maximum absolute atomic E-state index is 5.89. The van der Waals surface area contributed by atoms with Crippen LogP contribution in [0, 0.1) is 0 Å². The molecule has 0 aliphatic heterocycles. The first kappa shape index (κ1) is 11.8. The summed E-state index contributed by atoms with van der Waals surface area (Å²) in [7, 11) is 0. The van der Waals surface area contributed by atoms with E-state index in [1.165, 1.54) is 0 Å². The summed E-state index contributed by atoms with van der Waals surface area (Å²) in [6.07, 6.45) is 4.95. The average molecular weight is 205 g/mol. The smallest absolute Gasteiger partial charge is 0.0480 e. The summed E-state index contributed by atoms with van der Waals surface area (Å²) in [6.45, 7) is 3.70. The van der Waals surface area contributed by atoms with Crippen LogP contribution in [0.3, 0.4) is 0 Å². The van der Waals surface area contributed by atoms with E-state index >= 15 is 0 Å². The Bertz CT molecular complexity index is 309. The minimum absolute atomic E-state index is 0.131. The maximum atomic E-state index is 5.89. The largest absolute Gasteiger partial charge is 0.398 e. The van der Waals surface area contributed by atoms with E-state index in [0.29, 0.717) is 0 Å². The van der Waals surface area contributed by atoms with Crippen molar-refractivity contribution in [3.05, 3.63) is 42.5 Å². The normalized spacial score (nSPS) is 12.3. The van der Waals surface area contributed by atoms with E-state index < -0.39 is 0 Å². The van der Waals surface area contributed by atoms with Gasteiger partial charge in [-0.2, -0.15) is 0 Å². The molecule has 0 aliphatic rings. The molecular formula is C12H19N3. The van der Waals surface area contributed by atoms with Crippen LogP contribution < -0.4 is 17.0 Å². The monoisotopic (exact) mass is 205 g/mol. The fourth-order valence-electron chi connectivity index (χ4n) is 1.62. The molecule has 0 heterocycles. The molecule has 0 bridgehead atoms. The number of unbranched alkanes of at least 4 members (excludes halogenated alkanes) is 1. The minimum atomic E-state index is 0.131. The molecule has 1 aromatic rings. The van der Waals surface area contributed by atoms with E-state index in [4.69, 9.17) is 11.6 Å². The van der Waals surface area contributed by atoms with E-state index in [9.17, 15) is 0 Å². The van der Waals surface area contributed by atoms with Crippen molar-refractivity contribution in [1.29, 1.82) is 0 Å². The fraction of sp³-hybridized carbons (Fsp3) is 0.333. The molecule has 0 aliphatic carbocycles. The van der Waals surface area contributed by atoms with Crippen molar-refractivity contribution in [1.82, 2.24) is 5.43 Å². The fourth-order valence-corrected chi connectivity index (χ4v) is 1.62. The SMILES string of the molecule is C=CCCCC(NN)c1ccccc1N. The van der Waals surface area contributed by atoms with Gasteiger partial charge in [-0.25, -0.2) is 0 Å². The van der Waals surface area contributed by atoms with E-state index in [2.05, 4.69) is 12.0 Å². The van der Waals surface area contributed by atoms with Gasteiger partial charge in [0.25, 0.3) is 0 Å². The Labute approximate surface area is 91.1 Å². The second kappa shape index (κ2) is 6.22. The molecule has 0 aromatic heterocycles. The molecule has 1 aromatic carbocycles. The van der Waals surface area contributed by atoms with Crippen LogP contribution in [0.1, 0.15) is 30.9 Å². The Morgan fingerprint density at radius 1 is 1.40 bits per heavy atom. The number of nitrogens with one attached hydrogen (secondary N) is 1. The Morgan fingerprint density at radius 2 is 2.13 bits per heavy atom. The second-order valence-corrected chi connectivity index (χ2v) is 3.57. The molecule has 0 spiro atoms. The Balaban J connectivity index is 2.65. The predicted octanol–water partition coefficient (Wildman–Crippen LogP) is 2.13. The zero-order valence-corrected chi connectivity index (χ0v) is 8.95. The van der Waals surface area contributed by atoms with Crippen LogP contribution in [-0.2, 0) is 0 Å². The first-order chi connectivity index (χ1) is 7.29. The third kappa shape index (κ3) is 3.38. The number of rotatable bonds is 6. The molecule has 0 radical (unpaired) electrons. The van der Waals surface area contributed by atoms with Crippen LogP contribution in [-0.4, -0.2) is 0 Å². The first-order valence-electron chi connectivity index (χ1n) is 5.21. The predicted molar refractivity (Wildman–Crippen MR) is 65.0 cm³/mol. The molecule has 5 N–H and O–H groups in total. The average Bonchev–Trinajstić information content (AvgIpc) is 2.26. The van der Waals surface area contributed by atoms with Gasteiger partial charge in [0.15, 0.2) is 0 Å². The topological polar surface area (TPSA) is 64.1 Å². The van der Waals surface area contributed by atoms with Gasteiger partial charge in [0.1, 0.15) is 0 Å². The van der Waals surface area contributed by atoms with Crippen LogP contribution in [0.5, 0.6) is 0 Å². The molecule has 1 rings (SSSR count). The van der Waals surface area contributed by atoms with Gasteiger partial charge in [-0.3, -0.25) is 11.3 Å². The molecule has 1 atom stereocenters. The Kier molecular flexibility index (Phi) is 4.87. The van der Waals surface area contributed by atoms with Gasteiger partial charge in [-0.05, 0) is 30.9 Å². The molecule has 0 saturated carbocycles. The number of allylic oxidation sites excluding steroid dienone is 1. The molecule has 0 fully saturated rings. The molecule has 3 nitrogen and oxygen atoms in total. The highest BCUT2D eigenvalue weighted by Crippen LogP contribution is 2.23. The molecule has 1 unspecified atom stereocenters. The third-order valence-electron chi connectivity index (χ3n) is 2.47. The molecule has 0 amide bonds. The highest BCUT2D eigenvalue weighted by Gasteiger charge is 2.10. The van der Waals surface area contributed by atoms with E-state index in [1.54, 1.807) is 0 Å². The van der Waals surface area contributed by atoms with Crippen molar-refractivity contribution in [3.8, 4) is 0 Å². The number of nitrogen functional groups attached to an aromatic ring is 1. The van der Waals surface area contributed by atoms with Crippen LogP contribution in [0.2, 0.25) is 0 Å². The number of benzene rings is 1. The summed E-state index contributed by atoms with van der Waals surface area (Å²) in [5.41, 5.74) is 10.6. The van der Waals surface area contributed by atoms with E-state index in [0.717, 1.165) is 30.5 Å². The third-order valence-corrected chi connectivity index (χ3v) is 2.47. The van der Waals surface area contributed by atoms with Crippen molar-refractivity contribution in [3.63, 3.8) is 0 Å². The minimum Gasteiger partial charge on any atom is -0.398 e. The zero-order chi connectivity index (χ0) is 11.1. The quantitative estimate of drug-likeness (QED) is 0.219. The number of hydrogen-bond acceptors (Lipinski definition) is 3. The summed E-state index contributed by atoms with van der Waals surface area (Å²) < 4.78 is 0. The van der Waals surface area contributed by atoms with Gasteiger partial charge >= 0.3 is 0 Å².